The quantitative estimate of drug-likeness (QED) is 0.620. The van der Waals surface area contributed by atoms with Crippen LogP contribution in [0.3, 0.4) is 0 Å². The molecule has 2 heteroatoms. The summed E-state index contributed by atoms with van der Waals surface area (Å²) < 4.78 is 1.62. The number of aromatic nitrogens is 1. The van der Waals surface area contributed by atoms with Gasteiger partial charge in [0.25, 0.3) is 5.56 Å². The molecule has 1 rings (SSSR count). The van der Waals surface area contributed by atoms with Crippen LogP contribution in [0.15, 0.2) is 35.3 Å². The molecule has 94 valence electrons. The topological polar surface area (TPSA) is 22.0 Å². The lowest BCUT2D eigenvalue weighted by molar-refractivity contribution is 0.611. The van der Waals surface area contributed by atoms with E-state index < -0.39 is 0 Å². The summed E-state index contributed by atoms with van der Waals surface area (Å²) in [6, 6.07) is 5.21. The Morgan fingerprint density at radius 2 is 1.88 bits per heavy atom. The van der Waals surface area contributed by atoms with E-state index in [4.69, 9.17) is 0 Å². The fourth-order valence-corrected chi connectivity index (χ4v) is 1.79. The SMILES string of the molecule is CCCCCCCC/C=C/n1ccccc1=O. The van der Waals surface area contributed by atoms with Gasteiger partial charge in [-0.25, -0.2) is 0 Å². The second-order valence-electron chi connectivity index (χ2n) is 4.39. The van der Waals surface area contributed by atoms with Gasteiger partial charge in [-0.3, -0.25) is 9.36 Å². The van der Waals surface area contributed by atoms with E-state index in [9.17, 15) is 4.79 Å². The third kappa shape index (κ3) is 6.10. The van der Waals surface area contributed by atoms with Crippen molar-refractivity contribution in [3.05, 3.63) is 40.8 Å². The highest BCUT2D eigenvalue weighted by atomic mass is 16.1. The number of hydrogen-bond donors (Lipinski definition) is 0. The van der Waals surface area contributed by atoms with Gasteiger partial charge in [0.05, 0.1) is 0 Å². The Bertz CT molecular complexity index is 379. The van der Waals surface area contributed by atoms with Crippen molar-refractivity contribution in [3.63, 3.8) is 0 Å². The van der Waals surface area contributed by atoms with Crippen LogP contribution in [-0.2, 0) is 0 Å². The molecule has 0 aliphatic rings. The summed E-state index contributed by atoms with van der Waals surface area (Å²) >= 11 is 0. The standard InChI is InChI=1S/C15H23NO/c1-2-3-4-5-6-7-8-10-13-16-14-11-9-12-15(16)17/h9-14H,2-8H2,1H3/b13-10+. The predicted molar refractivity (Wildman–Crippen MR) is 74.0 cm³/mol. The van der Waals surface area contributed by atoms with Gasteiger partial charge in [0.1, 0.15) is 0 Å². The van der Waals surface area contributed by atoms with Gasteiger partial charge < -0.3 is 0 Å². The molecule has 0 aliphatic heterocycles. The Morgan fingerprint density at radius 1 is 1.12 bits per heavy atom. The van der Waals surface area contributed by atoms with Gasteiger partial charge in [-0.2, -0.15) is 0 Å². The second-order valence-corrected chi connectivity index (χ2v) is 4.39. The molecule has 1 aromatic rings. The van der Waals surface area contributed by atoms with Crippen LogP contribution in [0.1, 0.15) is 51.9 Å². The number of rotatable bonds is 8. The lowest BCUT2D eigenvalue weighted by Gasteiger charge is -1.98. The molecule has 0 aromatic carbocycles. The van der Waals surface area contributed by atoms with Gasteiger partial charge in [0, 0.05) is 18.5 Å². The van der Waals surface area contributed by atoms with Crippen molar-refractivity contribution < 1.29 is 0 Å². The average Bonchev–Trinajstić information content (AvgIpc) is 2.35. The van der Waals surface area contributed by atoms with Crippen molar-refractivity contribution in [2.45, 2.75) is 51.9 Å². The van der Waals surface area contributed by atoms with Crippen molar-refractivity contribution in [3.8, 4) is 0 Å². The predicted octanol–water partition coefficient (Wildman–Crippen LogP) is 4.07. The molecule has 0 unspecified atom stereocenters. The van der Waals surface area contributed by atoms with Gasteiger partial charge in [-0.1, -0.05) is 51.2 Å². The van der Waals surface area contributed by atoms with Crippen molar-refractivity contribution in [1.82, 2.24) is 4.57 Å². The van der Waals surface area contributed by atoms with Gasteiger partial charge in [0.15, 0.2) is 0 Å². The van der Waals surface area contributed by atoms with Gasteiger partial charge in [-0.15, -0.1) is 0 Å². The molecular formula is C15H23NO. The molecule has 1 aromatic heterocycles. The largest absolute Gasteiger partial charge is 0.291 e. The zero-order valence-electron chi connectivity index (χ0n) is 10.8. The summed E-state index contributed by atoms with van der Waals surface area (Å²) in [6.07, 6.45) is 14.7. The van der Waals surface area contributed by atoms with Crippen molar-refractivity contribution >= 4 is 6.20 Å². The van der Waals surface area contributed by atoms with Crippen molar-refractivity contribution in [1.29, 1.82) is 0 Å². The zero-order valence-corrected chi connectivity index (χ0v) is 10.8. The Balaban J connectivity index is 2.14. The highest BCUT2D eigenvalue weighted by Crippen LogP contribution is 2.07. The van der Waals surface area contributed by atoms with Crippen molar-refractivity contribution in [2.24, 2.45) is 0 Å². The minimum Gasteiger partial charge on any atom is -0.291 e. The molecule has 2 nitrogen and oxygen atoms in total. The highest BCUT2D eigenvalue weighted by molar-refractivity contribution is 5.22. The molecule has 17 heavy (non-hydrogen) atoms. The average molecular weight is 233 g/mol. The maximum absolute atomic E-state index is 11.4. The van der Waals surface area contributed by atoms with E-state index in [2.05, 4.69) is 13.0 Å². The fourth-order valence-electron chi connectivity index (χ4n) is 1.79. The molecular weight excluding hydrogens is 210 g/mol. The van der Waals surface area contributed by atoms with E-state index in [1.54, 1.807) is 22.9 Å². The van der Waals surface area contributed by atoms with Crippen LogP contribution in [0.5, 0.6) is 0 Å². The molecule has 1 heterocycles. The number of pyridine rings is 1. The number of allylic oxidation sites excluding steroid dienone is 1. The first-order valence-electron chi connectivity index (χ1n) is 6.68. The first-order valence-corrected chi connectivity index (χ1v) is 6.68. The first kappa shape index (κ1) is 13.8. The minimum absolute atomic E-state index is 0.0340. The Labute approximate surface area is 104 Å². The maximum Gasteiger partial charge on any atom is 0.254 e. The Hall–Kier alpha value is -1.31. The summed E-state index contributed by atoms with van der Waals surface area (Å²) in [5, 5.41) is 0. The van der Waals surface area contributed by atoms with E-state index in [1.807, 2.05) is 12.3 Å². The van der Waals surface area contributed by atoms with Crippen LogP contribution >= 0.6 is 0 Å². The maximum atomic E-state index is 11.4. The summed E-state index contributed by atoms with van der Waals surface area (Å²) in [5.74, 6) is 0. The summed E-state index contributed by atoms with van der Waals surface area (Å²) in [6.45, 7) is 2.24. The van der Waals surface area contributed by atoms with Gasteiger partial charge >= 0.3 is 0 Å². The first-order chi connectivity index (χ1) is 8.34. The third-order valence-corrected chi connectivity index (χ3v) is 2.84. The van der Waals surface area contributed by atoms with E-state index in [-0.39, 0.29) is 5.56 Å². The van der Waals surface area contributed by atoms with E-state index in [1.165, 1.54) is 38.5 Å². The van der Waals surface area contributed by atoms with Crippen LogP contribution in [-0.4, -0.2) is 4.57 Å². The zero-order chi connectivity index (χ0) is 12.3. The van der Waals surface area contributed by atoms with Crippen LogP contribution in [0.2, 0.25) is 0 Å². The number of hydrogen-bond acceptors (Lipinski definition) is 1. The normalized spacial score (nSPS) is 11.1. The molecule has 0 fully saturated rings. The molecule has 0 saturated carbocycles. The molecule has 0 atom stereocenters. The fraction of sp³-hybridized carbons (Fsp3) is 0.533. The van der Waals surface area contributed by atoms with Crippen LogP contribution in [0, 0.1) is 0 Å². The highest BCUT2D eigenvalue weighted by Gasteiger charge is 1.89. The van der Waals surface area contributed by atoms with E-state index in [0.29, 0.717) is 0 Å². The molecule has 0 N–H and O–H groups in total. The minimum atomic E-state index is 0.0340. The Kier molecular flexibility index (Phi) is 7.12. The van der Waals surface area contributed by atoms with E-state index >= 15 is 0 Å². The van der Waals surface area contributed by atoms with Gasteiger partial charge in [-0.05, 0) is 18.9 Å². The van der Waals surface area contributed by atoms with Crippen LogP contribution in [0.25, 0.3) is 6.20 Å². The summed E-state index contributed by atoms with van der Waals surface area (Å²) in [7, 11) is 0. The molecule has 0 amide bonds. The monoisotopic (exact) mass is 233 g/mol. The number of nitrogens with zero attached hydrogens (tertiary/aromatic N) is 1. The molecule has 0 radical (unpaired) electrons. The molecule has 0 aliphatic carbocycles. The van der Waals surface area contributed by atoms with Crippen molar-refractivity contribution in [2.75, 3.05) is 0 Å². The van der Waals surface area contributed by atoms with Crippen LogP contribution in [0.4, 0.5) is 0 Å². The third-order valence-electron chi connectivity index (χ3n) is 2.84. The molecule has 0 bridgehead atoms. The van der Waals surface area contributed by atoms with Crippen LogP contribution < -0.4 is 5.56 Å². The molecule has 0 saturated heterocycles. The number of unbranched alkanes of at least 4 members (excludes halogenated alkanes) is 6. The summed E-state index contributed by atoms with van der Waals surface area (Å²) in [5.41, 5.74) is 0.0340. The van der Waals surface area contributed by atoms with Gasteiger partial charge in [0.2, 0.25) is 0 Å². The Morgan fingerprint density at radius 3 is 2.65 bits per heavy atom. The lowest BCUT2D eigenvalue weighted by Crippen LogP contribution is -2.11. The molecule has 0 spiro atoms. The second kappa shape index (κ2) is 8.80. The smallest absolute Gasteiger partial charge is 0.254 e. The van der Waals surface area contributed by atoms with E-state index in [0.717, 1.165) is 6.42 Å². The summed E-state index contributed by atoms with van der Waals surface area (Å²) in [4.78, 5) is 11.4. The lowest BCUT2D eigenvalue weighted by atomic mass is 10.1.